The van der Waals surface area contributed by atoms with Gasteiger partial charge in [-0.3, -0.25) is 4.79 Å². The Morgan fingerprint density at radius 1 is 1.28 bits per heavy atom. The van der Waals surface area contributed by atoms with Crippen LogP contribution in [0.5, 0.6) is 11.5 Å². The summed E-state index contributed by atoms with van der Waals surface area (Å²) in [5, 5.41) is 3.52. The molecule has 0 radical (unpaired) electrons. The number of methoxy groups -OCH3 is 2. The van der Waals surface area contributed by atoms with E-state index in [-0.39, 0.29) is 17.6 Å². The van der Waals surface area contributed by atoms with Crippen LogP contribution >= 0.6 is 11.8 Å². The van der Waals surface area contributed by atoms with E-state index >= 15 is 0 Å². The molecule has 1 atom stereocenters. The van der Waals surface area contributed by atoms with Gasteiger partial charge < -0.3 is 14.8 Å². The van der Waals surface area contributed by atoms with Gasteiger partial charge in [-0.1, -0.05) is 11.8 Å². The minimum Gasteiger partial charge on any atom is -0.493 e. The molecule has 0 bridgehead atoms. The van der Waals surface area contributed by atoms with Gasteiger partial charge in [0, 0.05) is 23.4 Å². The van der Waals surface area contributed by atoms with Gasteiger partial charge in [0.2, 0.25) is 5.91 Å². The molecule has 3 amide bonds. The molecular weight excluding hydrogens is 342 g/mol. The van der Waals surface area contributed by atoms with E-state index in [1.165, 1.54) is 18.9 Å². The molecule has 0 spiro atoms. The first-order chi connectivity index (χ1) is 12.1. The molecule has 1 aliphatic heterocycles. The van der Waals surface area contributed by atoms with Gasteiger partial charge in [0.1, 0.15) is 0 Å². The van der Waals surface area contributed by atoms with Gasteiger partial charge in [-0.15, -0.1) is 0 Å². The lowest BCUT2D eigenvalue weighted by atomic mass is 10.1. The second-order valence-corrected chi connectivity index (χ2v) is 6.68. The van der Waals surface area contributed by atoms with E-state index in [0.29, 0.717) is 22.2 Å². The molecule has 2 aliphatic rings. The van der Waals surface area contributed by atoms with E-state index in [4.69, 9.17) is 9.47 Å². The van der Waals surface area contributed by atoms with E-state index in [1.54, 1.807) is 25.3 Å². The number of fused-ring (bicyclic) bond motifs is 1. The first-order valence-corrected chi connectivity index (χ1v) is 8.94. The van der Waals surface area contributed by atoms with E-state index in [1.807, 2.05) is 0 Å². The number of ether oxygens (including phenoxy) is 2. The Kier molecular flexibility index (Phi) is 5.37. The van der Waals surface area contributed by atoms with Gasteiger partial charge in [-0.2, -0.15) is 4.99 Å². The number of amides is 3. The zero-order chi connectivity index (χ0) is 17.8. The summed E-state index contributed by atoms with van der Waals surface area (Å²) in [4.78, 5) is 31.7. The number of aliphatic imine (C=N–C) groups is 2. The number of nitrogens with zero attached hydrogens (tertiary/aromatic N) is 2. The Labute approximate surface area is 149 Å². The number of carbonyl (C=O) groups is 2. The Bertz CT molecular complexity index is 760. The van der Waals surface area contributed by atoms with Crippen LogP contribution in [0.1, 0.15) is 19.3 Å². The van der Waals surface area contributed by atoms with Crippen molar-refractivity contribution in [1.82, 2.24) is 0 Å². The molecule has 7 nitrogen and oxygen atoms in total. The van der Waals surface area contributed by atoms with Crippen LogP contribution in [0, 0.1) is 5.92 Å². The summed E-state index contributed by atoms with van der Waals surface area (Å²) in [6.07, 6.45) is 2.79. The van der Waals surface area contributed by atoms with Crippen molar-refractivity contribution in [2.45, 2.75) is 19.3 Å². The first-order valence-electron chi connectivity index (χ1n) is 7.95. The molecular formula is C17H19N3O4S. The summed E-state index contributed by atoms with van der Waals surface area (Å²) < 4.78 is 10.4. The predicted octanol–water partition coefficient (Wildman–Crippen LogP) is 3.15. The molecule has 132 valence electrons. The maximum absolute atomic E-state index is 12.2. The third-order valence-electron chi connectivity index (χ3n) is 4.09. The summed E-state index contributed by atoms with van der Waals surface area (Å²) in [6.45, 7) is 0. The summed E-state index contributed by atoms with van der Waals surface area (Å²) in [5.74, 6) is 1.26. The topological polar surface area (TPSA) is 89.3 Å². The fourth-order valence-corrected chi connectivity index (χ4v) is 3.88. The molecule has 0 aromatic heterocycles. The van der Waals surface area contributed by atoms with E-state index in [0.717, 1.165) is 25.0 Å². The Morgan fingerprint density at radius 3 is 2.84 bits per heavy atom. The number of hydrogen-bond donors (Lipinski definition) is 1. The molecule has 1 heterocycles. The Hall–Kier alpha value is -2.35. The highest BCUT2D eigenvalue weighted by Crippen LogP contribution is 2.32. The first kappa shape index (κ1) is 17.5. The standard InChI is InChI=1S/C17H19N3O4S/c1-23-13-7-6-10(8-14(13)24-2)18-15(21)9-25-16-11-4-3-5-12(11)19-17(22)20-16/h6-8,11H,3-5,9H2,1-2H3,(H,18,21). The summed E-state index contributed by atoms with van der Waals surface area (Å²) in [5.41, 5.74) is 1.52. The van der Waals surface area contributed by atoms with Crippen LogP contribution in [0.2, 0.25) is 0 Å². The van der Waals surface area contributed by atoms with Crippen LogP contribution in [0.3, 0.4) is 0 Å². The lowest BCUT2D eigenvalue weighted by Gasteiger charge is -2.16. The molecule has 1 aromatic rings. The fourth-order valence-electron chi connectivity index (χ4n) is 2.93. The quantitative estimate of drug-likeness (QED) is 0.870. The molecule has 1 N–H and O–H groups in total. The highest BCUT2D eigenvalue weighted by molar-refractivity contribution is 8.14. The Morgan fingerprint density at radius 2 is 2.08 bits per heavy atom. The maximum Gasteiger partial charge on any atom is 0.367 e. The summed E-state index contributed by atoms with van der Waals surface area (Å²) >= 11 is 1.30. The van der Waals surface area contributed by atoms with Crippen LogP contribution in [0.4, 0.5) is 10.5 Å². The van der Waals surface area contributed by atoms with Crippen molar-refractivity contribution in [3.05, 3.63) is 18.2 Å². The van der Waals surface area contributed by atoms with Crippen molar-refractivity contribution in [2.24, 2.45) is 15.9 Å². The number of carbonyl (C=O) groups excluding carboxylic acids is 2. The molecule has 3 rings (SSSR count). The molecule has 1 fully saturated rings. The van der Waals surface area contributed by atoms with Gasteiger partial charge >= 0.3 is 6.03 Å². The normalized spacial score (nSPS) is 19.0. The van der Waals surface area contributed by atoms with Crippen LogP contribution in [-0.2, 0) is 4.79 Å². The lowest BCUT2D eigenvalue weighted by molar-refractivity contribution is -0.113. The van der Waals surface area contributed by atoms with Gasteiger partial charge in [-0.25, -0.2) is 9.79 Å². The number of benzene rings is 1. The number of thioether (sulfide) groups is 1. The van der Waals surface area contributed by atoms with Crippen LogP contribution < -0.4 is 14.8 Å². The summed E-state index contributed by atoms with van der Waals surface area (Å²) in [6, 6.07) is 4.71. The van der Waals surface area contributed by atoms with Crippen LogP contribution in [0.15, 0.2) is 28.2 Å². The number of hydrogen-bond acceptors (Lipinski definition) is 5. The van der Waals surface area contributed by atoms with E-state index in [9.17, 15) is 9.59 Å². The zero-order valence-corrected chi connectivity index (χ0v) is 14.9. The van der Waals surface area contributed by atoms with E-state index < -0.39 is 6.03 Å². The number of rotatable bonds is 5. The molecule has 1 aliphatic carbocycles. The lowest BCUT2D eigenvalue weighted by Crippen LogP contribution is -2.24. The fraction of sp³-hybridized carbons (Fsp3) is 0.412. The predicted molar refractivity (Wildman–Crippen MR) is 98.2 cm³/mol. The monoisotopic (exact) mass is 361 g/mol. The smallest absolute Gasteiger partial charge is 0.367 e. The number of urea groups is 1. The molecule has 25 heavy (non-hydrogen) atoms. The van der Waals surface area contributed by atoms with Gasteiger partial charge in [0.25, 0.3) is 0 Å². The average Bonchev–Trinajstić information content (AvgIpc) is 3.07. The van der Waals surface area contributed by atoms with Crippen molar-refractivity contribution in [1.29, 1.82) is 0 Å². The molecule has 1 aromatic carbocycles. The molecule has 8 heteroatoms. The van der Waals surface area contributed by atoms with Crippen LogP contribution in [-0.4, -0.2) is 42.7 Å². The van der Waals surface area contributed by atoms with Crippen LogP contribution in [0.25, 0.3) is 0 Å². The SMILES string of the molecule is COc1ccc(NC(=O)CSC2=NC(=O)N=C3CCCC32)cc1OC. The van der Waals surface area contributed by atoms with E-state index in [2.05, 4.69) is 15.3 Å². The highest BCUT2D eigenvalue weighted by Gasteiger charge is 2.32. The minimum atomic E-state index is -0.462. The van der Waals surface area contributed by atoms with Gasteiger partial charge in [0.15, 0.2) is 11.5 Å². The second kappa shape index (κ2) is 7.69. The Balaban J connectivity index is 1.59. The van der Waals surface area contributed by atoms with Crippen molar-refractivity contribution in [3.63, 3.8) is 0 Å². The number of nitrogens with one attached hydrogen (secondary N) is 1. The van der Waals surface area contributed by atoms with Crippen molar-refractivity contribution >= 4 is 40.1 Å². The van der Waals surface area contributed by atoms with Gasteiger partial charge in [0.05, 0.1) is 25.0 Å². The molecule has 1 saturated carbocycles. The van der Waals surface area contributed by atoms with Crippen molar-refractivity contribution in [2.75, 3.05) is 25.3 Å². The molecule has 0 saturated heterocycles. The average molecular weight is 361 g/mol. The molecule has 1 unspecified atom stereocenters. The number of anilines is 1. The third kappa shape index (κ3) is 4.01. The van der Waals surface area contributed by atoms with Crippen molar-refractivity contribution in [3.8, 4) is 11.5 Å². The largest absolute Gasteiger partial charge is 0.493 e. The zero-order valence-electron chi connectivity index (χ0n) is 14.1. The maximum atomic E-state index is 12.2. The van der Waals surface area contributed by atoms with Gasteiger partial charge in [-0.05, 0) is 31.4 Å². The second-order valence-electron chi connectivity index (χ2n) is 5.69. The van der Waals surface area contributed by atoms with Crippen molar-refractivity contribution < 1.29 is 19.1 Å². The summed E-state index contributed by atoms with van der Waals surface area (Å²) in [7, 11) is 3.10. The minimum absolute atomic E-state index is 0.108. The highest BCUT2D eigenvalue weighted by atomic mass is 32.2. The third-order valence-corrected chi connectivity index (χ3v) is 5.17.